The average molecular weight is 950 g/mol. The first kappa shape index (κ1) is 37.3. The molecular formula is C60H39BGeN2Se. The van der Waals surface area contributed by atoms with Crippen molar-refractivity contribution in [2.45, 2.75) is 0 Å². The molecule has 0 amide bonds. The van der Waals surface area contributed by atoms with Crippen LogP contribution in [0.15, 0.2) is 237 Å². The summed E-state index contributed by atoms with van der Waals surface area (Å²) in [6.45, 7) is 0.197. The van der Waals surface area contributed by atoms with E-state index in [-0.39, 0.29) is 21.7 Å². The first-order chi connectivity index (χ1) is 32.3. The normalized spacial score (nSPS) is 13.6. The van der Waals surface area contributed by atoms with Gasteiger partial charge in [-0.1, -0.05) is 36.4 Å². The molecule has 0 spiro atoms. The van der Waals surface area contributed by atoms with Crippen LogP contribution in [-0.2, 0) is 0 Å². The van der Waals surface area contributed by atoms with Crippen molar-refractivity contribution < 1.29 is 0 Å². The Kier molecular flexibility index (Phi) is 8.31. The third-order valence-corrected chi connectivity index (χ3v) is 27.0. The molecule has 12 aromatic rings. The van der Waals surface area contributed by atoms with Crippen molar-refractivity contribution in [1.82, 2.24) is 9.13 Å². The first-order valence-electron chi connectivity index (χ1n) is 22.5. The van der Waals surface area contributed by atoms with E-state index in [0.29, 0.717) is 0 Å². The van der Waals surface area contributed by atoms with Crippen molar-refractivity contribution in [3.05, 3.63) is 237 Å². The number of aromatic nitrogens is 2. The van der Waals surface area contributed by atoms with Crippen molar-refractivity contribution >= 4 is 121 Å². The summed E-state index contributed by atoms with van der Waals surface area (Å²) in [4.78, 5) is 0. The molecule has 302 valence electrons. The molecule has 0 bridgehead atoms. The molecule has 0 aliphatic carbocycles. The van der Waals surface area contributed by atoms with Crippen LogP contribution in [0.4, 0.5) is 0 Å². The second kappa shape index (κ2) is 14.5. The molecule has 0 unspecified atom stereocenters. The maximum atomic E-state index is 2.65. The van der Waals surface area contributed by atoms with Gasteiger partial charge >= 0.3 is 319 Å². The summed E-state index contributed by atoms with van der Waals surface area (Å²) < 4.78 is 14.0. The average Bonchev–Trinajstić information content (AvgIpc) is 3.89. The summed E-state index contributed by atoms with van der Waals surface area (Å²) >= 11 is -3.53. The minimum atomic E-state index is -3.66. The number of benzene rings is 10. The van der Waals surface area contributed by atoms with Crippen LogP contribution >= 0.6 is 0 Å². The van der Waals surface area contributed by atoms with Gasteiger partial charge < -0.3 is 4.57 Å². The van der Waals surface area contributed by atoms with Crippen LogP contribution in [-0.4, -0.2) is 44.1 Å². The molecule has 65 heavy (non-hydrogen) atoms. The van der Waals surface area contributed by atoms with E-state index in [2.05, 4.69) is 246 Å². The fraction of sp³-hybridized carbons (Fsp3) is 0. The van der Waals surface area contributed by atoms with Crippen LogP contribution < -0.4 is 42.9 Å². The molecule has 0 radical (unpaired) electrons. The van der Waals surface area contributed by atoms with E-state index in [4.69, 9.17) is 0 Å². The maximum absolute atomic E-state index is 3.66. The number of nitrogens with zero attached hydrogens (tertiary/aromatic N) is 2. The molecular weight excluding hydrogens is 911 g/mol. The van der Waals surface area contributed by atoms with E-state index >= 15 is 0 Å². The van der Waals surface area contributed by atoms with Gasteiger partial charge in [0.15, 0.2) is 0 Å². The summed E-state index contributed by atoms with van der Waals surface area (Å²) in [5.41, 5.74) is 14.3. The molecule has 2 nitrogen and oxygen atoms in total. The first-order valence-corrected chi connectivity index (χ1v) is 28.4. The Hall–Kier alpha value is -7.07. The fourth-order valence-corrected chi connectivity index (χ4v) is 25.8. The zero-order chi connectivity index (χ0) is 42.6. The molecule has 10 aromatic carbocycles. The molecule has 2 aromatic heterocycles. The number of hydrogen-bond donors (Lipinski definition) is 0. The van der Waals surface area contributed by atoms with Crippen molar-refractivity contribution in [3.8, 4) is 22.5 Å². The molecule has 0 N–H and O–H groups in total. The Morgan fingerprint density at radius 2 is 0.831 bits per heavy atom. The molecule has 2 aliphatic rings. The van der Waals surface area contributed by atoms with Crippen molar-refractivity contribution in [3.63, 3.8) is 0 Å². The van der Waals surface area contributed by atoms with Gasteiger partial charge in [0.05, 0.1) is 5.52 Å². The van der Waals surface area contributed by atoms with Gasteiger partial charge in [0, 0.05) is 5.69 Å². The zero-order valence-corrected chi connectivity index (χ0v) is 39.2. The number of fused-ring (bicyclic) bond motifs is 10. The van der Waals surface area contributed by atoms with E-state index in [9.17, 15) is 0 Å². The molecule has 2 aliphatic heterocycles. The minimum absolute atomic E-state index is 0.134. The van der Waals surface area contributed by atoms with E-state index in [1.54, 1.807) is 14.3 Å². The predicted octanol–water partition coefficient (Wildman–Crippen LogP) is 7.72. The molecule has 4 heterocycles. The quantitative estimate of drug-likeness (QED) is 0.157. The van der Waals surface area contributed by atoms with Crippen molar-refractivity contribution in [1.29, 1.82) is 0 Å². The minimum Gasteiger partial charge on any atom is -0.0602 e. The number of rotatable bonds is 5. The smallest absolute Gasteiger partial charge is 0.0602 e. The Labute approximate surface area is 387 Å². The number of para-hydroxylation sites is 3. The molecule has 0 saturated heterocycles. The van der Waals surface area contributed by atoms with Gasteiger partial charge in [0.25, 0.3) is 0 Å². The third-order valence-electron chi connectivity index (χ3n) is 14.3. The van der Waals surface area contributed by atoms with Crippen LogP contribution in [0, 0.1) is 0 Å². The van der Waals surface area contributed by atoms with E-state index in [1.807, 2.05) is 0 Å². The molecule has 5 heteroatoms. The Bertz CT molecular complexity index is 3840. The summed E-state index contributed by atoms with van der Waals surface area (Å²) in [5.74, 6) is 0. The standard InChI is InChI=1S/C60H39BGeN2Se/c1-4-18-42(19-5-1)62(43-20-6-2-7-21-43)52-28-14-12-26-50(52)61-51-27-13-17-31-58(51)65-59-39-45(38-53(62)60(59)61)64-55-30-16-11-25-47(55)49-37-41(33-35-57(49)64)40-32-34-56-48(36-40)46-24-10-15-29-54(46)63(56)44-22-8-3-9-23-44/h1-39H. The van der Waals surface area contributed by atoms with Gasteiger partial charge in [-0.3, -0.25) is 0 Å². The van der Waals surface area contributed by atoms with Gasteiger partial charge in [-0.2, -0.15) is 0 Å². The van der Waals surface area contributed by atoms with Crippen LogP contribution in [0.25, 0.3) is 66.1 Å². The summed E-state index contributed by atoms with van der Waals surface area (Å²) in [6, 6.07) is 90.0. The molecule has 0 fully saturated rings. The Morgan fingerprint density at radius 1 is 0.338 bits per heavy atom. The van der Waals surface area contributed by atoms with Gasteiger partial charge in [0.1, 0.15) is 0 Å². The third kappa shape index (κ3) is 5.36. The molecule has 0 atom stereocenters. The van der Waals surface area contributed by atoms with Crippen molar-refractivity contribution in [2.75, 3.05) is 0 Å². The predicted molar refractivity (Wildman–Crippen MR) is 280 cm³/mol. The van der Waals surface area contributed by atoms with Crippen LogP contribution in [0.3, 0.4) is 0 Å². The molecule has 14 rings (SSSR count). The van der Waals surface area contributed by atoms with Crippen molar-refractivity contribution in [2.24, 2.45) is 0 Å². The monoisotopic (exact) mass is 952 g/mol. The topological polar surface area (TPSA) is 9.86 Å². The summed E-state index contributed by atoms with van der Waals surface area (Å²) in [5, 5.41) is 5.08. The Morgan fingerprint density at radius 3 is 1.46 bits per heavy atom. The van der Waals surface area contributed by atoms with Crippen LogP contribution in [0.2, 0.25) is 0 Å². The zero-order valence-electron chi connectivity index (χ0n) is 35.4. The van der Waals surface area contributed by atoms with E-state index in [0.717, 1.165) is 0 Å². The summed E-state index contributed by atoms with van der Waals surface area (Å²) in [6.07, 6.45) is 0. The van der Waals surface area contributed by atoms with Gasteiger partial charge in [-0.05, 0) is 18.2 Å². The van der Waals surface area contributed by atoms with Crippen LogP contribution in [0.1, 0.15) is 0 Å². The van der Waals surface area contributed by atoms with Crippen LogP contribution in [0.5, 0.6) is 0 Å². The number of hydrogen-bond acceptors (Lipinski definition) is 0. The van der Waals surface area contributed by atoms with E-state index < -0.39 is 13.3 Å². The summed E-state index contributed by atoms with van der Waals surface area (Å²) in [7, 11) is 0. The Balaban J connectivity index is 1.02. The van der Waals surface area contributed by atoms with Gasteiger partial charge in [0.2, 0.25) is 0 Å². The fourth-order valence-electron chi connectivity index (χ4n) is 11.7. The second-order valence-corrected chi connectivity index (χ2v) is 27.7. The van der Waals surface area contributed by atoms with E-state index in [1.165, 1.54) is 94.8 Å². The second-order valence-electron chi connectivity index (χ2n) is 17.6. The molecule has 0 saturated carbocycles. The van der Waals surface area contributed by atoms with Gasteiger partial charge in [-0.15, -0.1) is 0 Å². The van der Waals surface area contributed by atoms with Gasteiger partial charge in [-0.25, -0.2) is 0 Å². The SMILES string of the molecule is c1ccc(-n2c3ccccc3c3cc(-c4ccc5c(c4)c4ccccc4n5-c4cc5c6[c](c4)[Ge]([c]4ccccc4)([c]4ccccc4)[c]4ccccc4B6c4ccccc4[Se]5)ccc32)cc1.